The molecule has 6 nitrogen and oxygen atoms in total. The van der Waals surface area contributed by atoms with Crippen LogP contribution < -0.4 is 14.8 Å². The minimum absolute atomic E-state index is 0.0386. The van der Waals surface area contributed by atoms with E-state index in [0.717, 1.165) is 23.5 Å². The predicted octanol–water partition coefficient (Wildman–Crippen LogP) is 2.31. The lowest BCUT2D eigenvalue weighted by Crippen LogP contribution is -2.32. The van der Waals surface area contributed by atoms with Crippen molar-refractivity contribution in [3.05, 3.63) is 42.2 Å². The summed E-state index contributed by atoms with van der Waals surface area (Å²) in [5, 5.41) is 7.12. The zero-order valence-corrected chi connectivity index (χ0v) is 13.2. The van der Waals surface area contributed by atoms with Crippen molar-refractivity contribution in [3.8, 4) is 11.5 Å². The number of carbonyl (C=O) groups is 1. The molecule has 0 fully saturated rings. The number of carbonyl (C=O) groups excluding carboxylic acids is 1. The minimum atomic E-state index is -0.287. The molecule has 0 radical (unpaired) electrons. The van der Waals surface area contributed by atoms with E-state index in [1.165, 1.54) is 0 Å². The monoisotopic (exact) mass is 315 g/mol. The highest BCUT2D eigenvalue weighted by molar-refractivity contribution is 5.80. The second kappa shape index (κ2) is 7.17. The number of hydrogen-bond donors (Lipinski definition) is 1. The standard InChI is InChI=1S/C17H21N3O3/c1-2-14(20-8-3-7-19-20)17(21)18-12-13-5-6-15-16(11-13)23-10-4-9-22-15/h3,5-8,11,14H,2,4,9-10,12H2,1H3,(H,18,21)/t14-/m1/s1. The Morgan fingerprint density at radius 3 is 2.91 bits per heavy atom. The molecule has 0 bridgehead atoms. The molecule has 23 heavy (non-hydrogen) atoms. The van der Waals surface area contributed by atoms with Crippen molar-refractivity contribution >= 4 is 5.91 Å². The quantitative estimate of drug-likeness (QED) is 0.919. The van der Waals surface area contributed by atoms with Crippen LogP contribution in [0, 0.1) is 0 Å². The Bertz CT molecular complexity index is 655. The first-order chi connectivity index (χ1) is 11.3. The van der Waals surface area contributed by atoms with Gasteiger partial charge in [-0.1, -0.05) is 13.0 Å². The minimum Gasteiger partial charge on any atom is -0.490 e. The summed E-state index contributed by atoms with van der Waals surface area (Å²) in [5.41, 5.74) is 0.984. The van der Waals surface area contributed by atoms with Crippen LogP contribution >= 0.6 is 0 Å². The third kappa shape index (κ3) is 3.64. The van der Waals surface area contributed by atoms with E-state index in [2.05, 4.69) is 10.4 Å². The molecule has 1 N–H and O–H groups in total. The van der Waals surface area contributed by atoms with Crippen molar-refractivity contribution in [3.63, 3.8) is 0 Å². The van der Waals surface area contributed by atoms with Crippen LogP contribution in [0.3, 0.4) is 0 Å². The van der Waals surface area contributed by atoms with E-state index in [1.54, 1.807) is 17.1 Å². The van der Waals surface area contributed by atoms with Crippen molar-refractivity contribution in [1.82, 2.24) is 15.1 Å². The number of hydrogen-bond acceptors (Lipinski definition) is 4. The fraction of sp³-hybridized carbons (Fsp3) is 0.412. The molecule has 1 aliphatic heterocycles. The normalized spacial score (nSPS) is 14.8. The van der Waals surface area contributed by atoms with Gasteiger partial charge in [-0.3, -0.25) is 9.48 Å². The van der Waals surface area contributed by atoms with Crippen molar-refractivity contribution < 1.29 is 14.3 Å². The van der Waals surface area contributed by atoms with Crippen molar-refractivity contribution in [2.24, 2.45) is 0 Å². The maximum atomic E-state index is 12.4. The summed E-state index contributed by atoms with van der Waals surface area (Å²) in [6.45, 7) is 3.75. The second-order valence-electron chi connectivity index (χ2n) is 5.46. The molecule has 6 heteroatoms. The van der Waals surface area contributed by atoms with Crippen LogP contribution in [0.25, 0.3) is 0 Å². The average molecular weight is 315 g/mol. The molecule has 3 rings (SSSR count). The summed E-state index contributed by atoms with van der Waals surface area (Å²) >= 11 is 0. The van der Waals surface area contributed by atoms with Crippen LogP contribution in [0.2, 0.25) is 0 Å². The summed E-state index contributed by atoms with van der Waals surface area (Å²) < 4.78 is 13.0. The number of aromatic nitrogens is 2. The number of ether oxygens (including phenoxy) is 2. The Morgan fingerprint density at radius 2 is 2.17 bits per heavy atom. The average Bonchev–Trinajstić information content (AvgIpc) is 2.98. The van der Waals surface area contributed by atoms with Crippen LogP contribution in [0.4, 0.5) is 0 Å². The van der Waals surface area contributed by atoms with Crippen LogP contribution in [0.15, 0.2) is 36.7 Å². The molecule has 0 spiro atoms. The largest absolute Gasteiger partial charge is 0.490 e. The maximum Gasteiger partial charge on any atom is 0.245 e. The Kier molecular flexibility index (Phi) is 4.80. The topological polar surface area (TPSA) is 65.4 Å². The molecule has 0 unspecified atom stereocenters. The molecule has 2 aromatic rings. The molecule has 2 heterocycles. The Hall–Kier alpha value is -2.50. The van der Waals surface area contributed by atoms with Gasteiger partial charge in [-0.25, -0.2) is 0 Å². The fourth-order valence-corrected chi connectivity index (χ4v) is 2.58. The number of nitrogens with zero attached hydrogens (tertiary/aromatic N) is 2. The van der Waals surface area contributed by atoms with Gasteiger partial charge in [0.05, 0.1) is 13.2 Å². The summed E-state index contributed by atoms with van der Waals surface area (Å²) in [6.07, 6.45) is 5.05. The first-order valence-electron chi connectivity index (χ1n) is 7.93. The molecule has 1 aliphatic rings. The SMILES string of the molecule is CC[C@H](C(=O)NCc1ccc2c(c1)OCCCO2)n1cccn1. The van der Waals surface area contributed by atoms with Crippen LogP contribution in [-0.2, 0) is 11.3 Å². The lowest BCUT2D eigenvalue weighted by atomic mass is 10.1. The highest BCUT2D eigenvalue weighted by Gasteiger charge is 2.18. The lowest BCUT2D eigenvalue weighted by Gasteiger charge is -2.16. The number of benzene rings is 1. The highest BCUT2D eigenvalue weighted by Crippen LogP contribution is 2.30. The molecular weight excluding hydrogens is 294 g/mol. The number of fused-ring (bicyclic) bond motifs is 1. The van der Waals surface area contributed by atoms with Crippen LogP contribution in [0.1, 0.15) is 31.4 Å². The van der Waals surface area contributed by atoms with Gasteiger partial charge in [0, 0.05) is 25.4 Å². The van der Waals surface area contributed by atoms with Crippen molar-refractivity contribution in [1.29, 1.82) is 0 Å². The van der Waals surface area contributed by atoms with Crippen molar-refractivity contribution in [2.75, 3.05) is 13.2 Å². The lowest BCUT2D eigenvalue weighted by molar-refractivity contribution is -0.124. The van der Waals surface area contributed by atoms with Gasteiger partial charge in [0.15, 0.2) is 11.5 Å². The second-order valence-corrected chi connectivity index (χ2v) is 5.46. The summed E-state index contributed by atoms with van der Waals surface area (Å²) in [6, 6.07) is 7.30. The summed E-state index contributed by atoms with van der Waals surface area (Å²) in [5.74, 6) is 1.47. The summed E-state index contributed by atoms with van der Waals surface area (Å²) in [4.78, 5) is 12.4. The van der Waals surface area contributed by atoms with E-state index < -0.39 is 0 Å². The van der Waals surface area contributed by atoms with Gasteiger partial charge in [-0.15, -0.1) is 0 Å². The van der Waals surface area contributed by atoms with E-state index in [0.29, 0.717) is 26.2 Å². The third-order valence-electron chi connectivity index (χ3n) is 3.81. The zero-order chi connectivity index (χ0) is 16.1. The Morgan fingerprint density at radius 1 is 1.35 bits per heavy atom. The van der Waals surface area contributed by atoms with E-state index in [1.807, 2.05) is 31.2 Å². The molecule has 1 atom stereocenters. The van der Waals surface area contributed by atoms with Gasteiger partial charge in [0.1, 0.15) is 6.04 Å². The fourth-order valence-electron chi connectivity index (χ4n) is 2.58. The van der Waals surface area contributed by atoms with E-state index >= 15 is 0 Å². The molecule has 0 aliphatic carbocycles. The zero-order valence-electron chi connectivity index (χ0n) is 13.2. The predicted molar refractivity (Wildman–Crippen MR) is 85.5 cm³/mol. The molecule has 0 saturated heterocycles. The van der Waals surface area contributed by atoms with Gasteiger partial charge in [-0.05, 0) is 30.2 Å². The van der Waals surface area contributed by atoms with Gasteiger partial charge in [0.2, 0.25) is 5.91 Å². The highest BCUT2D eigenvalue weighted by atomic mass is 16.5. The molecular formula is C17H21N3O3. The number of rotatable bonds is 5. The van der Waals surface area contributed by atoms with Crippen LogP contribution in [-0.4, -0.2) is 28.9 Å². The van der Waals surface area contributed by atoms with Crippen molar-refractivity contribution in [2.45, 2.75) is 32.4 Å². The molecule has 1 aromatic carbocycles. The molecule has 122 valence electrons. The summed E-state index contributed by atoms with van der Waals surface area (Å²) in [7, 11) is 0. The van der Waals surface area contributed by atoms with E-state index in [-0.39, 0.29) is 11.9 Å². The van der Waals surface area contributed by atoms with E-state index in [9.17, 15) is 4.79 Å². The first kappa shape index (κ1) is 15.4. The molecule has 1 amide bonds. The third-order valence-corrected chi connectivity index (χ3v) is 3.81. The molecule has 0 saturated carbocycles. The number of amides is 1. The Balaban J connectivity index is 1.63. The van der Waals surface area contributed by atoms with Crippen LogP contribution in [0.5, 0.6) is 11.5 Å². The van der Waals surface area contributed by atoms with Gasteiger partial charge < -0.3 is 14.8 Å². The van der Waals surface area contributed by atoms with Gasteiger partial charge in [-0.2, -0.15) is 5.10 Å². The smallest absolute Gasteiger partial charge is 0.245 e. The Labute approximate surface area is 135 Å². The van der Waals surface area contributed by atoms with Gasteiger partial charge in [0.25, 0.3) is 0 Å². The van der Waals surface area contributed by atoms with E-state index in [4.69, 9.17) is 9.47 Å². The first-order valence-corrected chi connectivity index (χ1v) is 7.93. The maximum absolute atomic E-state index is 12.4. The molecule has 1 aromatic heterocycles. The van der Waals surface area contributed by atoms with Gasteiger partial charge >= 0.3 is 0 Å². The number of nitrogens with one attached hydrogen (secondary N) is 1.